The van der Waals surface area contributed by atoms with Crippen LogP contribution in [-0.2, 0) is 0 Å². The van der Waals surface area contributed by atoms with Gasteiger partial charge in [-0.05, 0) is 24.3 Å². The lowest BCUT2D eigenvalue weighted by Gasteiger charge is -2.10. The van der Waals surface area contributed by atoms with Crippen LogP contribution in [0, 0.1) is 0 Å². The van der Waals surface area contributed by atoms with Gasteiger partial charge < -0.3 is 4.74 Å². The van der Waals surface area contributed by atoms with Crippen LogP contribution in [0.5, 0.6) is 11.5 Å². The fraction of sp³-hybridized carbons (Fsp3) is 0. The van der Waals surface area contributed by atoms with E-state index in [1.54, 1.807) is 0 Å². The predicted molar refractivity (Wildman–Crippen MR) is 58.0 cm³/mol. The Balaban J connectivity index is 2.12. The highest BCUT2D eigenvalue weighted by Gasteiger charge is 2.31. The lowest BCUT2D eigenvalue weighted by Crippen LogP contribution is -2.33. The summed E-state index contributed by atoms with van der Waals surface area (Å²) in [4.78, 5) is 0. The van der Waals surface area contributed by atoms with E-state index in [0.717, 1.165) is 21.0 Å². The maximum Gasteiger partial charge on any atom is 0.575 e. The van der Waals surface area contributed by atoms with E-state index in [4.69, 9.17) is 4.74 Å². The summed E-state index contributed by atoms with van der Waals surface area (Å²) in [5, 5.41) is 2.59. The summed E-state index contributed by atoms with van der Waals surface area (Å²) in [5.74, 6) is 2.01. The summed E-state index contributed by atoms with van der Waals surface area (Å²) < 4.78 is 5.78. The summed E-state index contributed by atoms with van der Waals surface area (Å²) in [6.45, 7) is 0. The zero-order chi connectivity index (χ0) is 9.38. The summed E-state index contributed by atoms with van der Waals surface area (Å²) in [6, 6.07) is 16.4. The molecule has 0 aliphatic carbocycles. The molecule has 2 aromatic rings. The molecule has 0 N–H and O–H groups in total. The van der Waals surface area contributed by atoms with Gasteiger partial charge in [-0.1, -0.05) is 24.3 Å². The SMILES string of the molecule is c1ccc2c(c1)Oc1ccccc1[Si+]2. The zero-order valence-corrected chi connectivity index (χ0v) is 8.53. The number of ether oxygens (including phenoxy) is 1. The average molecular weight is 196 g/mol. The summed E-state index contributed by atoms with van der Waals surface area (Å²) in [7, 11) is 0.719. The van der Waals surface area contributed by atoms with Gasteiger partial charge in [-0.3, -0.25) is 0 Å². The summed E-state index contributed by atoms with van der Waals surface area (Å²) in [5.41, 5.74) is 0. The molecule has 1 heterocycles. The largest absolute Gasteiger partial charge is 0.575 e. The average Bonchev–Trinajstić information content (AvgIpc) is 2.26. The number of hydrogen-bond acceptors (Lipinski definition) is 1. The lowest BCUT2D eigenvalue weighted by molar-refractivity contribution is 0.488. The first-order valence-corrected chi connectivity index (χ1v) is 5.56. The Hall–Kier alpha value is -1.54. The van der Waals surface area contributed by atoms with Crippen molar-refractivity contribution in [2.45, 2.75) is 0 Å². The predicted octanol–water partition coefficient (Wildman–Crippen LogP) is 1.45. The number of benzene rings is 2. The normalized spacial score (nSPS) is 12.0. The van der Waals surface area contributed by atoms with Crippen molar-refractivity contribution < 1.29 is 4.74 Å². The van der Waals surface area contributed by atoms with Gasteiger partial charge in [-0.2, -0.15) is 0 Å². The molecule has 3 rings (SSSR count). The molecular weight excluding hydrogens is 188 g/mol. The zero-order valence-electron chi connectivity index (χ0n) is 7.53. The van der Waals surface area contributed by atoms with Crippen molar-refractivity contribution in [3.05, 3.63) is 48.5 Å². The van der Waals surface area contributed by atoms with E-state index in [1.807, 2.05) is 24.3 Å². The molecule has 0 bridgehead atoms. The highest BCUT2D eigenvalue weighted by molar-refractivity contribution is 6.69. The number of hydrogen-bond donors (Lipinski definition) is 0. The molecule has 0 spiro atoms. The van der Waals surface area contributed by atoms with Gasteiger partial charge in [0.15, 0.2) is 21.9 Å². The smallest absolute Gasteiger partial charge is 0.451 e. The third-order valence-corrected chi connectivity index (χ3v) is 3.63. The highest BCUT2D eigenvalue weighted by Crippen LogP contribution is 2.20. The van der Waals surface area contributed by atoms with Crippen molar-refractivity contribution in [2.75, 3.05) is 0 Å². The second kappa shape index (κ2) is 2.99. The van der Waals surface area contributed by atoms with E-state index in [9.17, 15) is 0 Å². The molecule has 14 heavy (non-hydrogen) atoms. The maximum absolute atomic E-state index is 5.78. The standard InChI is InChI=1S/C12H8OSi/c1-3-7-11-9(5-1)13-10-6-2-4-8-12(10)14-11/h1-8H/q+1. The van der Waals surface area contributed by atoms with Gasteiger partial charge in [0.1, 0.15) is 0 Å². The van der Waals surface area contributed by atoms with Crippen molar-refractivity contribution in [1.82, 2.24) is 0 Å². The second-order valence-corrected chi connectivity index (χ2v) is 4.55. The minimum atomic E-state index is 0.719. The quantitative estimate of drug-likeness (QED) is 0.494. The topological polar surface area (TPSA) is 9.23 Å². The van der Waals surface area contributed by atoms with Crippen LogP contribution in [0.3, 0.4) is 0 Å². The van der Waals surface area contributed by atoms with Crippen molar-refractivity contribution in [2.24, 2.45) is 0 Å². The van der Waals surface area contributed by atoms with Crippen LogP contribution in [0.1, 0.15) is 0 Å². The van der Waals surface area contributed by atoms with Crippen LogP contribution in [0.4, 0.5) is 0 Å². The molecule has 0 unspecified atom stereocenters. The molecule has 65 valence electrons. The maximum atomic E-state index is 5.78. The van der Waals surface area contributed by atoms with Crippen LogP contribution < -0.4 is 15.1 Å². The molecule has 0 saturated heterocycles. The molecule has 2 heteroatoms. The first kappa shape index (κ1) is 7.82. The third-order valence-electron chi connectivity index (χ3n) is 2.26. The fourth-order valence-corrected chi connectivity index (χ4v) is 2.75. The summed E-state index contributed by atoms with van der Waals surface area (Å²) >= 11 is 0. The molecule has 1 nitrogen and oxygen atoms in total. The molecule has 0 fully saturated rings. The van der Waals surface area contributed by atoms with Crippen LogP contribution in [0.15, 0.2) is 48.5 Å². The lowest BCUT2D eigenvalue weighted by atomic mass is 10.3. The van der Waals surface area contributed by atoms with Gasteiger partial charge in [0.25, 0.3) is 0 Å². The van der Waals surface area contributed by atoms with E-state index in [0.29, 0.717) is 0 Å². The number of para-hydroxylation sites is 2. The monoisotopic (exact) mass is 196 g/mol. The van der Waals surface area contributed by atoms with Gasteiger partial charge in [-0.25, -0.2) is 0 Å². The molecule has 0 atom stereocenters. The van der Waals surface area contributed by atoms with Gasteiger partial charge in [0.05, 0.1) is 0 Å². The number of fused-ring (bicyclic) bond motifs is 2. The van der Waals surface area contributed by atoms with Crippen molar-refractivity contribution >= 4 is 19.9 Å². The molecular formula is C12H8OSi+. The van der Waals surface area contributed by atoms with Crippen LogP contribution >= 0.6 is 0 Å². The minimum absolute atomic E-state index is 0.719. The first-order valence-electron chi connectivity index (χ1n) is 4.56. The minimum Gasteiger partial charge on any atom is -0.451 e. The van der Waals surface area contributed by atoms with Gasteiger partial charge in [-0.15, -0.1) is 0 Å². The Bertz CT molecular complexity index is 392. The van der Waals surface area contributed by atoms with Crippen LogP contribution in [0.2, 0.25) is 0 Å². The third kappa shape index (κ3) is 1.15. The van der Waals surface area contributed by atoms with Crippen LogP contribution in [0.25, 0.3) is 0 Å². The Morgan fingerprint density at radius 2 is 1.21 bits per heavy atom. The molecule has 0 amide bonds. The number of rotatable bonds is 0. The highest BCUT2D eigenvalue weighted by atomic mass is 28.2. The molecule has 0 aromatic heterocycles. The Labute approximate surface area is 85.2 Å². The van der Waals surface area contributed by atoms with Crippen molar-refractivity contribution in [1.29, 1.82) is 0 Å². The van der Waals surface area contributed by atoms with Crippen molar-refractivity contribution in [3.63, 3.8) is 0 Å². The molecule has 0 saturated carbocycles. The van der Waals surface area contributed by atoms with Gasteiger partial charge in [0, 0.05) is 0 Å². The van der Waals surface area contributed by atoms with Crippen LogP contribution in [-0.4, -0.2) is 9.52 Å². The van der Waals surface area contributed by atoms with E-state index in [-0.39, 0.29) is 0 Å². The Morgan fingerprint density at radius 1 is 0.714 bits per heavy atom. The van der Waals surface area contributed by atoms with E-state index in [1.165, 1.54) is 10.4 Å². The first-order chi connectivity index (χ1) is 6.93. The van der Waals surface area contributed by atoms with E-state index in [2.05, 4.69) is 24.3 Å². The molecule has 2 aromatic carbocycles. The Kier molecular flexibility index (Phi) is 1.67. The molecule has 1 aliphatic heterocycles. The second-order valence-electron chi connectivity index (χ2n) is 3.22. The fourth-order valence-electron chi connectivity index (χ4n) is 1.58. The molecule has 1 aliphatic rings. The Morgan fingerprint density at radius 3 is 1.79 bits per heavy atom. The summed E-state index contributed by atoms with van der Waals surface area (Å²) in [6.07, 6.45) is 0. The molecule has 1 radical (unpaired) electrons. The van der Waals surface area contributed by atoms with Gasteiger partial charge >= 0.3 is 9.52 Å². The van der Waals surface area contributed by atoms with E-state index < -0.39 is 0 Å². The van der Waals surface area contributed by atoms with Crippen molar-refractivity contribution in [3.8, 4) is 11.5 Å². The van der Waals surface area contributed by atoms with E-state index >= 15 is 0 Å². The van der Waals surface area contributed by atoms with Gasteiger partial charge in [0.2, 0.25) is 0 Å².